The van der Waals surface area contributed by atoms with Crippen molar-refractivity contribution >= 4 is 17.7 Å². The van der Waals surface area contributed by atoms with Gasteiger partial charge in [0.15, 0.2) is 0 Å². The molecule has 0 amide bonds. The standard InChI is InChI=1S/C20H25NO2S/c22-20(23)18-12-4-5-13-19(18)24-16-7-6-14-21-15-8-11-17-9-2-1-3-10-17/h1-5,9-10,12-13,21H,6-8,11,14-16H2,(H,22,23). The second-order valence-electron chi connectivity index (χ2n) is 5.70. The van der Waals surface area contributed by atoms with Crippen LogP contribution in [0.15, 0.2) is 59.5 Å². The number of carbonyl (C=O) groups is 1. The highest BCUT2D eigenvalue weighted by atomic mass is 32.2. The van der Waals surface area contributed by atoms with Crippen molar-refractivity contribution in [2.75, 3.05) is 18.8 Å². The second-order valence-corrected chi connectivity index (χ2v) is 6.83. The molecule has 2 rings (SSSR count). The fourth-order valence-electron chi connectivity index (χ4n) is 2.49. The van der Waals surface area contributed by atoms with E-state index >= 15 is 0 Å². The van der Waals surface area contributed by atoms with Crippen molar-refractivity contribution in [1.29, 1.82) is 0 Å². The smallest absolute Gasteiger partial charge is 0.336 e. The number of nitrogens with one attached hydrogen (secondary N) is 1. The van der Waals surface area contributed by atoms with Gasteiger partial charge in [0, 0.05) is 4.90 Å². The van der Waals surface area contributed by atoms with E-state index in [1.165, 1.54) is 5.56 Å². The summed E-state index contributed by atoms with van der Waals surface area (Å²) in [4.78, 5) is 12.0. The highest BCUT2D eigenvalue weighted by Gasteiger charge is 2.08. The van der Waals surface area contributed by atoms with Gasteiger partial charge < -0.3 is 10.4 Å². The zero-order valence-electron chi connectivity index (χ0n) is 13.9. The van der Waals surface area contributed by atoms with Crippen molar-refractivity contribution in [2.24, 2.45) is 0 Å². The first-order valence-corrected chi connectivity index (χ1v) is 9.45. The van der Waals surface area contributed by atoms with Crippen molar-refractivity contribution in [3.05, 3.63) is 65.7 Å². The lowest BCUT2D eigenvalue weighted by atomic mass is 10.1. The molecule has 0 radical (unpaired) electrons. The van der Waals surface area contributed by atoms with E-state index in [0.717, 1.165) is 49.4 Å². The molecule has 2 aromatic carbocycles. The molecule has 0 aliphatic carbocycles. The summed E-state index contributed by atoms with van der Waals surface area (Å²) in [5.74, 6) is 0.105. The highest BCUT2D eigenvalue weighted by Crippen LogP contribution is 2.23. The van der Waals surface area contributed by atoms with Gasteiger partial charge in [0.25, 0.3) is 0 Å². The van der Waals surface area contributed by atoms with Crippen LogP contribution in [0, 0.1) is 0 Å². The van der Waals surface area contributed by atoms with E-state index in [1.54, 1.807) is 23.9 Å². The van der Waals surface area contributed by atoms with Crippen molar-refractivity contribution in [2.45, 2.75) is 30.6 Å². The van der Waals surface area contributed by atoms with E-state index in [2.05, 4.69) is 35.6 Å². The molecule has 0 fully saturated rings. The summed E-state index contributed by atoms with van der Waals surface area (Å²) < 4.78 is 0. The molecule has 0 aliphatic heterocycles. The maximum atomic E-state index is 11.1. The number of thioether (sulfide) groups is 1. The number of aryl methyl sites for hydroxylation is 1. The molecule has 3 nitrogen and oxygen atoms in total. The summed E-state index contributed by atoms with van der Waals surface area (Å²) in [6.45, 7) is 2.07. The summed E-state index contributed by atoms with van der Waals surface area (Å²) in [6, 6.07) is 17.8. The zero-order valence-corrected chi connectivity index (χ0v) is 14.7. The van der Waals surface area contributed by atoms with Gasteiger partial charge in [0.05, 0.1) is 5.56 Å². The Hall–Kier alpha value is -1.78. The quantitative estimate of drug-likeness (QED) is 0.466. The summed E-state index contributed by atoms with van der Waals surface area (Å²) >= 11 is 1.63. The molecule has 24 heavy (non-hydrogen) atoms. The molecule has 0 heterocycles. The molecule has 0 aliphatic rings. The number of hydrogen-bond donors (Lipinski definition) is 2. The van der Waals surface area contributed by atoms with Crippen LogP contribution < -0.4 is 5.32 Å². The number of aromatic carboxylic acids is 1. The number of benzene rings is 2. The Morgan fingerprint density at radius 2 is 1.62 bits per heavy atom. The highest BCUT2D eigenvalue weighted by molar-refractivity contribution is 7.99. The molecule has 0 aromatic heterocycles. The number of hydrogen-bond acceptors (Lipinski definition) is 3. The lowest BCUT2D eigenvalue weighted by Gasteiger charge is -2.07. The normalized spacial score (nSPS) is 10.7. The van der Waals surface area contributed by atoms with Gasteiger partial charge in [-0.3, -0.25) is 0 Å². The van der Waals surface area contributed by atoms with Crippen LogP contribution in [0.3, 0.4) is 0 Å². The van der Waals surface area contributed by atoms with Gasteiger partial charge in [0.2, 0.25) is 0 Å². The minimum Gasteiger partial charge on any atom is -0.478 e. The Morgan fingerprint density at radius 3 is 2.42 bits per heavy atom. The van der Waals surface area contributed by atoms with Crippen molar-refractivity contribution in [3.63, 3.8) is 0 Å². The molecule has 2 N–H and O–H groups in total. The van der Waals surface area contributed by atoms with Crippen LogP contribution in [-0.2, 0) is 6.42 Å². The van der Waals surface area contributed by atoms with E-state index in [-0.39, 0.29) is 0 Å². The summed E-state index contributed by atoms with van der Waals surface area (Å²) in [5, 5.41) is 12.6. The monoisotopic (exact) mass is 343 g/mol. The molecule has 128 valence electrons. The van der Waals surface area contributed by atoms with Gasteiger partial charge in [-0.25, -0.2) is 4.79 Å². The van der Waals surface area contributed by atoms with E-state index in [4.69, 9.17) is 5.11 Å². The Kier molecular flexibility index (Phi) is 8.42. The topological polar surface area (TPSA) is 49.3 Å². The fraction of sp³-hybridized carbons (Fsp3) is 0.350. The third kappa shape index (κ3) is 6.77. The van der Waals surface area contributed by atoms with Crippen LogP contribution in [0.2, 0.25) is 0 Å². The minimum atomic E-state index is -0.849. The Morgan fingerprint density at radius 1 is 0.917 bits per heavy atom. The van der Waals surface area contributed by atoms with Gasteiger partial charge in [-0.1, -0.05) is 42.5 Å². The summed E-state index contributed by atoms with van der Waals surface area (Å²) in [6.07, 6.45) is 4.48. The number of unbranched alkanes of at least 4 members (excludes halogenated alkanes) is 1. The van der Waals surface area contributed by atoms with Crippen LogP contribution >= 0.6 is 11.8 Å². The van der Waals surface area contributed by atoms with Crippen LogP contribution in [0.25, 0.3) is 0 Å². The predicted molar refractivity (Wildman–Crippen MR) is 101 cm³/mol. The Labute approximate surface area is 148 Å². The Balaban J connectivity index is 1.51. The van der Waals surface area contributed by atoms with Crippen molar-refractivity contribution < 1.29 is 9.90 Å². The van der Waals surface area contributed by atoms with E-state index in [9.17, 15) is 4.79 Å². The molecule has 0 unspecified atom stereocenters. The van der Waals surface area contributed by atoms with Gasteiger partial charge in [0.1, 0.15) is 0 Å². The molecular formula is C20H25NO2S. The number of carboxylic acids is 1. The first kappa shape index (κ1) is 18.6. The average Bonchev–Trinajstić information content (AvgIpc) is 2.61. The minimum absolute atomic E-state index is 0.404. The Bertz CT molecular complexity index is 616. The lowest BCUT2D eigenvalue weighted by Crippen LogP contribution is -2.17. The van der Waals surface area contributed by atoms with Crippen LogP contribution in [0.4, 0.5) is 0 Å². The predicted octanol–water partition coefficient (Wildman–Crippen LogP) is 4.48. The lowest BCUT2D eigenvalue weighted by molar-refractivity contribution is 0.0693. The summed E-state index contributed by atoms with van der Waals surface area (Å²) in [5.41, 5.74) is 1.80. The SMILES string of the molecule is O=C(O)c1ccccc1SCCCCNCCCc1ccccc1. The molecule has 0 bridgehead atoms. The maximum absolute atomic E-state index is 11.1. The fourth-order valence-corrected chi connectivity index (χ4v) is 3.54. The summed E-state index contributed by atoms with van der Waals surface area (Å²) in [7, 11) is 0. The number of carboxylic acid groups (broad SMARTS) is 1. The third-order valence-corrected chi connectivity index (χ3v) is 4.94. The van der Waals surface area contributed by atoms with E-state index < -0.39 is 5.97 Å². The second kappa shape index (κ2) is 10.9. The first-order chi connectivity index (χ1) is 11.8. The van der Waals surface area contributed by atoms with Gasteiger partial charge >= 0.3 is 5.97 Å². The number of rotatable bonds is 11. The van der Waals surface area contributed by atoms with Gasteiger partial charge in [-0.15, -0.1) is 11.8 Å². The van der Waals surface area contributed by atoms with E-state index in [1.807, 2.05) is 12.1 Å². The molecule has 4 heteroatoms. The molecule has 0 saturated heterocycles. The first-order valence-electron chi connectivity index (χ1n) is 8.47. The van der Waals surface area contributed by atoms with Crippen molar-refractivity contribution in [3.8, 4) is 0 Å². The van der Waals surface area contributed by atoms with Crippen LogP contribution in [-0.4, -0.2) is 29.9 Å². The van der Waals surface area contributed by atoms with Gasteiger partial charge in [-0.2, -0.15) is 0 Å². The maximum Gasteiger partial charge on any atom is 0.336 e. The largest absolute Gasteiger partial charge is 0.478 e. The van der Waals surface area contributed by atoms with Crippen LogP contribution in [0.5, 0.6) is 0 Å². The molecule has 2 aromatic rings. The third-order valence-electron chi connectivity index (χ3n) is 3.78. The van der Waals surface area contributed by atoms with Crippen LogP contribution in [0.1, 0.15) is 35.2 Å². The molecule has 0 atom stereocenters. The molecule has 0 saturated carbocycles. The van der Waals surface area contributed by atoms with Gasteiger partial charge in [-0.05, 0) is 62.2 Å². The van der Waals surface area contributed by atoms with E-state index in [0.29, 0.717) is 5.56 Å². The molecule has 0 spiro atoms. The average molecular weight is 343 g/mol. The van der Waals surface area contributed by atoms with Crippen molar-refractivity contribution in [1.82, 2.24) is 5.32 Å². The zero-order chi connectivity index (χ0) is 17.0. The molecular weight excluding hydrogens is 318 g/mol.